The van der Waals surface area contributed by atoms with E-state index in [0.29, 0.717) is 24.7 Å². The summed E-state index contributed by atoms with van der Waals surface area (Å²) in [5, 5.41) is 4.20. The van der Waals surface area contributed by atoms with E-state index in [2.05, 4.69) is 44.0 Å². The van der Waals surface area contributed by atoms with Crippen molar-refractivity contribution in [2.45, 2.75) is 58.5 Å². The quantitative estimate of drug-likeness (QED) is 0.190. The van der Waals surface area contributed by atoms with E-state index < -0.39 is 0 Å². The van der Waals surface area contributed by atoms with E-state index in [4.69, 9.17) is 10.5 Å². The van der Waals surface area contributed by atoms with Crippen molar-refractivity contribution >= 4 is 6.34 Å². The average Bonchev–Trinajstić information content (AvgIpc) is 3.33. The Hall–Kier alpha value is -2.98. The lowest BCUT2D eigenvalue weighted by Gasteiger charge is -2.29. The number of halogens is 1. The Balaban J connectivity index is 1.68. The smallest absolute Gasteiger partial charge is 0.146 e. The summed E-state index contributed by atoms with van der Waals surface area (Å²) in [6.45, 7) is 15.7. The van der Waals surface area contributed by atoms with Crippen LogP contribution >= 0.6 is 0 Å². The molecule has 3 heterocycles. The minimum absolute atomic E-state index is 0.0774. The first kappa shape index (κ1) is 22.7. The summed E-state index contributed by atoms with van der Waals surface area (Å²) in [5.74, 6) is 1.53. The van der Waals surface area contributed by atoms with Crippen molar-refractivity contribution in [1.29, 1.82) is 0 Å². The van der Waals surface area contributed by atoms with Crippen LogP contribution in [-0.2, 0) is 17.8 Å². The van der Waals surface area contributed by atoms with Crippen LogP contribution in [0, 0.1) is 0 Å². The van der Waals surface area contributed by atoms with Gasteiger partial charge >= 0.3 is 0 Å². The molecular weight excluding hydrogens is 399 g/mol. The minimum atomic E-state index is -0.304. The zero-order valence-electron chi connectivity index (χ0n) is 18.3. The van der Waals surface area contributed by atoms with Crippen LogP contribution in [0.4, 0.5) is 4.39 Å². The summed E-state index contributed by atoms with van der Waals surface area (Å²) in [4.78, 5) is 10.7. The highest BCUT2D eigenvalue weighted by Crippen LogP contribution is 2.27. The van der Waals surface area contributed by atoms with Gasteiger partial charge in [-0.15, -0.1) is 0 Å². The van der Waals surface area contributed by atoms with Gasteiger partial charge in [0.1, 0.15) is 29.6 Å². The van der Waals surface area contributed by atoms with Crippen LogP contribution in [0.3, 0.4) is 0 Å². The van der Waals surface area contributed by atoms with Gasteiger partial charge in [-0.3, -0.25) is 0 Å². The Morgan fingerprint density at radius 2 is 2.23 bits per heavy atom. The van der Waals surface area contributed by atoms with Crippen molar-refractivity contribution in [3.8, 4) is 0 Å². The molecule has 168 valence electrons. The van der Waals surface area contributed by atoms with Crippen molar-refractivity contribution in [2.24, 2.45) is 10.7 Å². The highest BCUT2D eigenvalue weighted by atomic mass is 19.1. The first-order valence-corrected chi connectivity index (χ1v) is 10.3. The fraction of sp³-hybridized carbons (Fsp3) is 0.476. The monoisotopic (exact) mass is 430 g/mol. The van der Waals surface area contributed by atoms with Crippen LogP contribution in [0.1, 0.15) is 33.0 Å². The largest absolute Gasteiger partial charge is 0.493 e. The number of hydrogen-bond donors (Lipinski definition) is 3. The number of nitrogens with one attached hydrogen (secondary N) is 2. The molecular formula is C21H31FN8O. The lowest BCUT2D eigenvalue weighted by molar-refractivity contribution is 0.139. The molecule has 1 fully saturated rings. The molecule has 9 nitrogen and oxygen atoms in total. The number of rotatable bonds is 8. The second-order valence-corrected chi connectivity index (χ2v) is 7.86. The topological polar surface area (TPSA) is 106 Å². The molecule has 0 amide bonds. The molecule has 0 radical (unpaired) electrons. The fourth-order valence-corrected chi connectivity index (χ4v) is 3.62. The standard InChI is InChI=1S/C21H31FN8O/c1-13(2)31-16(5)17(22)9-18-15(4)21(28-27-18)14(3)8-19(24-11-23)29-6-7-30-20(10-29)25-12-26-30/h8,11-13,18,21,27-28H,3-4,6-7,9-10H2,1-2,5H3,(H2,23,24)/b17-16-,19-8+/t18-,21?/m1/s1. The predicted octanol–water partition coefficient (Wildman–Crippen LogP) is 1.90. The first-order valence-electron chi connectivity index (χ1n) is 10.3. The van der Waals surface area contributed by atoms with Gasteiger partial charge in [0.2, 0.25) is 0 Å². The Kier molecular flexibility index (Phi) is 7.24. The van der Waals surface area contributed by atoms with Crippen molar-refractivity contribution in [1.82, 2.24) is 30.5 Å². The second kappa shape index (κ2) is 9.88. The van der Waals surface area contributed by atoms with Crippen LogP contribution in [0.5, 0.6) is 0 Å². The molecule has 1 aromatic rings. The van der Waals surface area contributed by atoms with Crippen LogP contribution in [-0.4, -0.2) is 50.7 Å². The van der Waals surface area contributed by atoms with Crippen molar-refractivity contribution in [3.05, 3.63) is 59.9 Å². The van der Waals surface area contributed by atoms with Gasteiger partial charge in [0, 0.05) is 13.0 Å². The van der Waals surface area contributed by atoms with Gasteiger partial charge in [-0.05, 0) is 38.0 Å². The summed E-state index contributed by atoms with van der Waals surface area (Å²) < 4.78 is 21.8. The van der Waals surface area contributed by atoms with Crippen LogP contribution in [0.2, 0.25) is 0 Å². The van der Waals surface area contributed by atoms with Gasteiger partial charge < -0.3 is 15.4 Å². The van der Waals surface area contributed by atoms with E-state index in [1.165, 1.54) is 6.34 Å². The molecule has 0 bridgehead atoms. The number of hydrogen-bond acceptors (Lipinski definition) is 7. The highest BCUT2D eigenvalue weighted by Gasteiger charge is 2.31. The third-order valence-corrected chi connectivity index (χ3v) is 5.22. The van der Waals surface area contributed by atoms with E-state index in [1.807, 2.05) is 24.6 Å². The van der Waals surface area contributed by atoms with Gasteiger partial charge in [0.25, 0.3) is 0 Å². The van der Waals surface area contributed by atoms with Crippen molar-refractivity contribution in [2.75, 3.05) is 6.54 Å². The summed E-state index contributed by atoms with van der Waals surface area (Å²) in [5.41, 5.74) is 13.4. The number of hydrazine groups is 1. The zero-order valence-corrected chi connectivity index (χ0v) is 18.3. The Morgan fingerprint density at radius 3 is 2.94 bits per heavy atom. The summed E-state index contributed by atoms with van der Waals surface area (Å²) >= 11 is 0. The number of aliphatic imine (C=N–C) groups is 1. The molecule has 1 saturated heterocycles. The minimum Gasteiger partial charge on any atom is -0.493 e. The van der Waals surface area contributed by atoms with E-state index in [-0.39, 0.29) is 30.4 Å². The molecule has 0 aromatic carbocycles. The molecule has 1 aromatic heterocycles. The van der Waals surface area contributed by atoms with Gasteiger partial charge in [0.05, 0.1) is 37.6 Å². The summed E-state index contributed by atoms with van der Waals surface area (Å²) in [7, 11) is 0. The Morgan fingerprint density at radius 1 is 1.45 bits per heavy atom. The third-order valence-electron chi connectivity index (χ3n) is 5.22. The number of allylic oxidation sites excluding steroid dienone is 1. The lowest BCUT2D eigenvalue weighted by Crippen LogP contribution is -2.35. The Labute approximate surface area is 182 Å². The van der Waals surface area contributed by atoms with Gasteiger partial charge in [0.15, 0.2) is 0 Å². The fourth-order valence-electron chi connectivity index (χ4n) is 3.62. The van der Waals surface area contributed by atoms with E-state index in [9.17, 15) is 4.39 Å². The van der Waals surface area contributed by atoms with Crippen LogP contribution in [0.25, 0.3) is 0 Å². The van der Waals surface area contributed by atoms with Gasteiger partial charge in [-0.2, -0.15) is 5.10 Å². The van der Waals surface area contributed by atoms with E-state index >= 15 is 0 Å². The molecule has 2 atom stereocenters. The van der Waals surface area contributed by atoms with Crippen molar-refractivity contribution in [3.63, 3.8) is 0 Å². The van der Waals surface area contributed by atoms with Gasteiger partial charge in [-0.1, -0.05) is 13.2 Å². The molecule has 2 aliphatic heterocycles. The van der Waals surface area contributed by atoms with Crippen molar-refractivity contribution < 1.29 is 9.13 Å². The maximum atomic E-state index is 14.5. The molecule has 10 heteroatoms. The van der Waals surface area contributed by atoms with Crippen LogP contribution in [0.15, 0.2) is 59.1 Å². The highest BCUT2D eigenvalue weighted by molar-refractivity contribution is 5.54. The molecule has 0 spiro atoms. The number of aromatic nitrogens is 3. The number of nitrogens with two attached hydrogens (primary N) is 1. The van der Waals surface area contributed by atoms with E-state index in [1.54, 1.807) is 13.3 Å². The molecule has 1 unspecified atom stereocenters. The molecule has 4 N–H and O–H groups in total. The molecule has 0 saturated carbocycles. The predicted molar refractivity (Wildman–Crippen MR) is 118 cm³/mol. The normalized spacial score (nSPS) is 22.8. The SMILES string of the molecule is C=C(/C=C(\N=CN)N1CCn2ncnc2C1)C1NN[C@H](C/C(F)=C(\C)OC(C)C)C1=C. The molecule has 31 heavy (non-hydrogen) atoms. The second-order valence-electron chi connectivity index (χ2n) is 7.86. The zero-order chi connectivity index (χ0) is 22.5. The average molecular weight is 431 g/mol. The van der Waals surface area contributed by atoms with Crippen LogP contribution < -0.4 is 16.6 Å². The third kappa shape index (κ3) is 5.39. The summed E-state index contributed by atoms with van der Waals surface area (Å²) in [6.07, 6.45) is 4.74. The maximum Gasteiger partial charge on any atom is 0.146 e. The first-order chi connectivity index (χ1) is 14.8. The molecule has 0 aliphatic carbocycles. The Bertz CT molecular complexity index is 916. The van der Waals surface area contributed by atoms with Gasteiger partial charge in [-0.25, -0.2) is 29.9 Å². The number of ether oxygens (including phenoxy) is 1. The molecule has 3 rings (SSSR count). The maximum absolute atomic E-state index is 14.5. The molecule has 2 aliphatic rings. The van der Waals surface area contributed by atoms with E-state index in [0.717, 1.165) is 23.5 Å². The number of nitrogens with zero attached hydrogens (tertiary/aromatic N) is 5. The lowest BCUT2D eigenvalue weighted by atomic mass is 9.95. The number of fused-ring (bicyclic) bond motifs is 1. The summed E-state index contributed by atoms with van der Waals surface area (Å²) in [6, 6.07) is -0.545.